The summed E-state index contributed by atoms with van der Waals surface area (Å²) in [5, 5.41) is 0. The third kappa shape index (κ3) is 1.84. The van der Waals surface area contributed by atoms with Crippen molar-refractivity contribution in [2.45, 2.75) is 25.3 Å². The van der Waals surface area contributed by atoms with Crippen LogP contribution in [0.15, 0.2) is 24.3 Å². The van der Waals surface area contributed by atoms with E-state index in [2.05, 4.69) is 0 Å². The molecule has 1 amide bonds. The molecule has 1 aliphatic heterocycles. The number of nitrogens with two attached hydrogens (primary N) is 1. The number of likely N-dealkylation sites (tertiary alicyclic amines) is 1. The molecule has 1 heterocycles. The van der Waals surface area contributed by atoms with Gasteiger partial charge in [0.1, 0.15) is 0 Å². The zero-order valence-electron chi connectivity index (χ0n) is 10.1. The fourth-order valence-corrected chi connectivity index (χ4v) is 2.60. The highest BCUT2D eigenvalue weighted by atomic mass is 16.2. The molecule has 2 N–H and O–H groups in total. The molecule has 3 nitrogen and oxygen atoms in total. The van der Waals surface area contributed by atoms with Crippen LogP contribution in [0.2, 0.25) is 0 Å². The first kappa shape index (κ1) is 10.8. The number of amides is 1. The molecule has 0 radical (unpaired) electrons. The Kier molecular flexibility index (Phi) is 2.26. The molecule has 1 aliphatic carbocycles. The summed E-state index contributed by atoms with van der Waals surface area (Å²) in [5.41, 5.74) is 8.11. The molecule has 1 saturated carbocycles. The summed E-state index contributed by atoms with van der Waals surface area (Å²) in [6.45, 7) is 3.48. The molecule has 0 bridgehead atoms. The first-order valence-corrected chi connectivity index (χ1v) is 6.23. The summed E-state index contributed by atoms with van der Waals surface area (Å²) in [6.07, 6.45) is 2.48. The monoisotopic (exact) mass is 230 g/mol. The second kappa shape index (κ2) is 3.57. The van der Waals surface area contributed by atoms with Crippen molar-refractivity contribution in [1.29, 1.82) is 0 Å². The summed E-state index contributed by atoms with van der Waals surface area (Å²) in [6, 6.07) is 7.74. The zero-order chi connectivity index (χ0) is 12.0. The van der Waals surface area contributed by atoms with E-state index < -0.39 is 0 Å². The summed E-state index contributed by atoms with van der Waals surface area (Å²) < 4.78 is 0. The minimum Gasteiger partial charge on any atom is -0.335 e. The number of aryl methyl sites for hydroxylation is 1. The van der Waals surface area contributed by atoms with Crippen LogP contribution in [0.3, 0.4) is 0 Å². The van der Waals surface area contributed by atoms with E-state index >= 15 is 0 Å². The standard InChI is InChI=1S/C14H18N2O/c1-10-2-4-11(5-3-10)13(17)16-8-14(15,9-16)12-6-7-12/h2-5,12H,6-9,15H2,1H3. The SMILES string of the molecule is Cc1ccc(C(=O)N2CC(N)(C3CC3)C2)cc1. The van der Waals surface area contributed by atoms with Gasteiger partial charge in [-0.05, 0) is 37.8 Å². The highest BCUT2D eigenvalue weighted by molar-refractivity contribution is 5.95. The molecule has 0 aromatic heterocycles. The second-order valence-electron chi connectivity index (χ2n) is 5.53. The predicted molar refractivity (Wildman–Crippen MR) is 66.7 cm³/mol. The normalized spacial score (nSPS) is 22.1. The Morgan fingerprint density at radius 3 is 2.41 bits per heavy atom. The Morgan fingerprint density at radius 1 is 1.29 bits per heavy atom. The van der Waals surface area contributed by atoms with E-state index in [9.17, 15) is 4.79 Å². The number of hydrogen-bond donors (Lipinski definition) is 1. The number of carbonyl (C=O) groups excluding carboxylic acids is 1. The van der Waals surface area contributed by atoms with Crippen LogP contribution in [-0.2, 0) is 0 Å². The average Bonchev–Trinajstić information content (AvgIpc) is 3.09. The van der Waals surface area contributed by atoms with Crippen LogP contribution in [0, 0.1) is 12.8 Å². The van der Waals surface area contributed by atoms with Gasteiger partial charge in [0.05, 0.1) is 5.54 Å². The highest BCUT2D eigenvalue weighted by Crippen LogP contribution is 2.43. The van der Waals surface area contributed by atoms with Gasteiger partial charge in [-0.1, -0.05) is 17.7 Å². The largest absolute Gasteiger partial charge is 0.335 e. The van der Waals surface area contributed by atoms with Gasteiger partial charge in [-0.15, -0.1) is 0 Å². The highest BCUT2D eigenvalue weighted by Gasteiger charge is 2.51. The molecule has 0 atom stereocenters. The molecule has 1 saturated heterocycles. The van der Waals surface area contributed by atoms with Gasteiger partial charge in [0, 0.05) is 18.7 Å². The van der Waals surface area contributed by atoms with Crippen molar-refractivity contribution >= 4 is 5.91 Å². The molecule has 1 aromatic rings. The molecule has 2 aliphatic rings. The molecular formula is C14H18N2O. The Balaban J connectivity index is 1.66. The average molecular weight is 230 g/mol. The molecule has 0 spiro atoms. The third-order valence-corrected chi connectivity index (χ3v) is 3.95. The lowest BCUT2D eigenvalue weighted by Gasteiger charge is -2.48. The smallest absolute Gasteiger partial charge is 0.253 e. The lowest BCUT2D eigenvalue weighted by molar-refractivity contribution is 0.0350. The fraction of sp³-hybridized carbons (Fsp3) is 0.500. The Labute approximate surface area is 102 Å². The van der Waals surface area contributed by atoms with Gasteiger partial charge < -0.3 is 10.6 Å². The van der Waals surface area contributed by atoms with Crippen LogP contribution >= 0.6 is 0 Å². The Bertz CT molecular complexity index is 442. The van der Waals surface area contributed by atoms with Crippen molar-refractivity contribution < 1.29 is 4.79 Å². The minimum atomic E-state index is -0.0830. The summed E-state index contributed by atoms with van der Waals surface area (Å²) in [7, 11) is 0. The first-order valence-electron chi connectivity index (χ1n) is 6.23. The van der Waals surface area contributed by atoms with Gasteiger partial charge in [-0.3, -0.25) is 4.79 Å². The predicted octanol–water partition coefficient (Wildman–Crippen LogP) is 1.56. The van der Waals surface area contributed by atoms with Gasteiger partial charge in [0.2, 0.25) is 0 Å². The first-order chi connectivity index (χ1) is 8.08. The van der Waals surface area contributed by atoms with E-state index in [1.54, 1.807) is 0 Å². The van der Waals surface area contributed by atoms with Crippen LogP contribution < -0.4 is 5.73 Å². The number of carbonyl (C=O) groups is 1. The second-order valence-corrected chi connectivity index (χ2v) is 5.53. The Hall–Kier alpha value is -1.35. The number of nitrogens with zero attached hydrogens (tertiary/aromatic N) is 1. The lowest BCUT2D eigenvalue weighted by Crippen LogP contribution is -2.69. The molecule has 3 rings (SSSR count). The van der Waals surface area contributed by atoms with Crippen LogP contribution in [0.25, 0.3) is 0 Å². The van der Waals surface area contributed by atoms with Crippen molar-refractivity contribution in [3.05, 3.63) is 35.4 Å². The van der Waals surface area contributed by atoms with Gasteiger partial charge in [0.15, 0.2) is 0 Å². The summed E-state index contributed by atoms with van der Waals surface area (Å²) in [4.78, 5) is 14.0. The maximum absolute atomic E-state index is 12.1. The van der Waals surface area contributed by atoms with Gasteiger partial charge >= 0.3 is 0 Å². The number of benzene rings is 1. The van der Waals surface area contributed by atoms with Gasteiger partial charge in [0.25, 0.3) is 5.91 Å². The maximum atomic E-state index is 12.1. The number of hydrogen-bond acceptors (Lipinski definition) is 2. The third-order valence-electron chi connectivity index (χ3n) is 3.95. The van der Waals surface area contributed by atoms with E-state index in [1.165, 1.54) is 18.4 Å². The molecular weight excluding hydrogens is 212 g/mol. The van der Waals surface area contributed by atoms with Gasteiger partial charge in [-0.2, -0.15) is 0 Å². The molecule has 3 heteroatoms. The minimum absolute atomic E-state index is 0.0830. The molecule has 1 aromatic carbocycles. The topological polar surface area (TPSA) is 46.3 Å². The van der Waals surface area contributed by atoms with Crippen molar-refractivity contribution in [2.75, 3.05) is 13.1 Å². The van der Waals surface area contributed by atoms with Crippen LogP contribution in [-0.4, -0.2) is 29.4 Å². The zero-order valence-corrected chi connectivity index (χ0v) is 10.1. The van der Waals surface area contributed by atoms with Crippen molar-refractivity contribution in [1.82, 2.24) is 4.90 Å². The van der Waals surface area contributed by atoms with Crippen molar-refractivity contribution in [3.8, 4) is 0 Å². The molecule has 90 valence electrons. The van der Waals surface area contributed by atoms with E-state index in [-0.39, 0.29) is 11.4 Å². The van der Waals surface area contributed by atoms with E-state index in [0.717, 1.165) is 18.7 Å². The van der Waals surface area contributed by atoms with E-state index in [0.29, 0.717) is 5.92 Å². The number of rotatable bonds is 2. The fourth-order valence-electron chi connectivity index (χ4n) is 2.60. The summed E-state index contributed by atoms with van der Waals surface area (Å²) >= 11 is 0. The van der Waals surface area contributed by atoms with Gasteiger partial charge in [-0.25, -0.2) is 0 Å². The quantitative estimate of drug-likeness (QED) is 0.838. The Morgan fingerprint density at radius 2 is 1.88 bits per heavy atom. The molecule has 17 heavy (non-hydrogen) atoms. The van der Waals surface area contributed by atoms with Crippen LogP contribution in [0.4, 0.5) is 0 Å². The lowest BCUT2D eigenvalue weighted by atomic mass is 9.85. The van der Waals surface area contributed by atoms with E-state index in [1.807, 2.05) is 36.1 Å². The molecule has 0 unspecified atom stereocenters. The molecule has 2 fully saturated rings. The van der Waals surface area contributed by atoms with Crippen LogP contribution in [0.5, 0.6) is 0 Å². The van der Waals surface area contributed by atoms with Crippen molar-refractivity contribution in [2.24, 2.45) is 11.7 Å². The van der Waals surface area contributed by atoms with E-state index in [4.69, 9.17) is 5.73 Å². The maximum Gasteiger partial charge on any atom is 0.253 e. The summed E-state index contributed by atoms with van der Waals surface area (Å²) in [5.74, 6) is 0.774. The van der Waals surface area contributed by atoms with Crippen LogP contribution in [0.1, 0.15) is 28.8 Å². The van der Waals surface area contributed by atoms with Crippen molar-refractivity contribution in [3.63, 3.8) is 0 Å².